The van der Waals surface area contributed by atoms with Crippen molar-refractivity contribution in [2.24, 2.45) is 0 Å². The Balaban J connectivity index is 2.15. The van der Waals surface area contributed by atoms with Crippen LogP contribution in [0.3, 0.4) is 0 Å². The van der Waals surface area contributed by atoms with E-state index in [9.17, 15) is 13.2 Å². The van der Waals surface area contributed by atoms with E-state index in [4.69, 9.17) is 5.11 Å². The summed E-state index contributed by atoms with van der Waals surface area (Å²) in [5, 5.41) is 9.02. The van der Waals surface area contributed by atoms with Gasteiger partial charge in [-0.2, -0.15) is 11.8 Å². The molecule has 118 valence electrons. The molecule has 0 saturated heterocycles. The molecule has 1 aromatic heterocycles. The Morgan fingerprint density at radius 2 is 2.10 bits per heavy atom. The minimum Gasteiger partial charge on any atom is -0.477 e. The SMILES string of the molecule is CSC1(CNS(=O)(=O)c2cc(C)c(C(=O)O)s2)CCCC1. The normalized spacial score (nSPS) is 18.0. The Morgan fingerprint density at radius 3 is 2.57 bits per heavy atom. The van der Waals surface area contributed by atoms with E-state index < -0.39 is 16.0 Å². The first-order valence-corrected chi connectivity index (χ1v) is 10.2. The average molecular weight is 349 g/mol. The number of thioether (sulfide) groups is 1. The van der Waals surface area contributed by atoms with E-state index in [1.54, 1.807) is 18.7 Å². The molecule has 0 bridgehead atoms. The van der Waals surface area contributed by atoms with Crippen molar-refractivity contribution < 1.29 is 18.3 Å². The molecule has 0 aromatic carbocycles. The number of sulfonamides is 1. The summed E-state index contributed by atoms with van der Waals surface area (Å²) in [6, 6.07) is 1.43. The summed E-state index contributed by atoms with van der Waals surface area (Å²) in [6.07, 6.45) is 6.30. The highest BCUT2D eigenvalue weighted by Crippen LogP contribution is 2.40. The van der Waals surface area contributed by atoms with Gasteiger partial charge in [-0.05, 0) is 37.7 Å². The minimum atomic E-state index is -3.64. The molecule has 1 heterocycles. The second kappa shape index (κ2) is 6.28. The molecule has 0 aliphatic heterocycles. The van der Waals surface area contributed by atoms with Crippen molar-refractivity contribution >= 4 is 39.1 Å². The number of hydrogen-bond donors (Lipinski definition) is 2. The predicted molar refractivity (Wildman–Crippen MR) is 85.9 cm³/mol. The van der Waals surface area contributed by atoms with E-state index in [1.807, 2.05) is 6.26 Å². The molecule has 1 aromatic rings. The number of carboxylic acid groups (broad SMARTS) is 1. The van der Waals surface area contributed by atoms with Crippen LogP contribution >= 0.6 is 23.1 Å². The largest absolute Gasteiger partial charge is 0.477 e. The van der Waals surface area contributed by atoms with Crippen LogP contribution in [-0.4, -0.2) is 37.0 Å². The Bertz CT molecular complexity index is 630. The number of hydrogen-bond acceptors (Lipinski definition) is 5. The highest BCUT2D eigenvalue weighted by Gasteiger charge is 2.34. The second-order valence-electron chi connectivity index (χ2n) is 5.30. The third-order valence-electron chi connectivity index (χ3n) is 3.89. The maximum atomic E-state index is 12.3. The van der Waals surface area contributed by atoms with E-state index in [2.05, 4.69) is 4.72 Å². The van der Waals surface area contributed by atoms with Gasteiger partial charge in [0.05, 0.1) is 0 Å². The van der Waals surface area contributed by atoms with Crippen molar-refractivity contribution in [1.82, 2.24) is 4.72 Å². The number of aromatic carboxylic acids is 1. The third kappa shape index (κ3) is 3.61. The molecule has 0 unspecified atom stereocenters. The molecule has 0 radical (unpaired) electrons. The summed E-state index contributed by atoms with van der Waals surface area (Å²) in [6.45, 7) is 2.01. The van der Waals surface area contributed by atoms with Crippen LogP contribution in [0.1, 0.15) is 40.9 Å². The van der Waals surface area contributed by atoms with Crippen LogP contribution in [0.15, 0.2) is 10.3 Å². The van der Waals surface area contributed by atoms with Crippen molar-refractivity contribution in [2.45, 2.75) is 41.6 Å². The van der Waals surface area contributed by atoms with Gasteiger partial charge in [0.15, 0.2) is 0 Å². The fourth-order valence-electron chi connectivity index (χ4n) is 2.57. The predicted octanol–water partition coefficient (Wildman–Crippen LogP) is 2.71. The molecule has 0 amide bonds. The number of nitrogens with one attached hydrogen (secondary N) is 1. The summed E-state index contributed by atoms with van der Waals surface area (Å²) in [4.78, 5) is 11.1. The quantitative estimate of drug-likeness (QED) is 0.825. The zero-order valence-corrected chi connectivity index (χ0v) is 14.5. The molecule has 1 aliphatic carbocycles. The molecule has 2 N–H and O–H groups in total. The van der Waals surface area contributed by atoms with Crippen LogP contribution in [0, 0.1) is 6.92 Å². The molecule has 1 aliphatic rings. The van der Waals surface area contributed by atoms with E-state index in [1.165, 1.54) is 6.07 Å². The van der Waals surface area contributed by atoms with E-state index in [0.29, 0.717) is 12.1 Å². The molecular weight excluding hydrogens is 330 g/mol. The molecule has 1 saturated carbocycles. The average Bonchev–Trinajstić information content (AvgIpc) is 3.04. The van der Waals surface area contributed by atoms with Gasteiger partial charge in [0.25, 0.3) is 0 Å². The van der Waals surface area contributed by atoms with Crippen molar-refractivity contribution in [1.29, 1.82) is 0 Å². The Morgan fingerprint density at radius 1 is 1.48 bits per heavy atom. The van der Waals surface area contributed by atoms with Gasteiger partial charge in [0.1, 0.15) is 9.09 Å². The lowest BCUT2D eigenvalue weighted by atomic mass is 10.1. The number of carboxylic acids is 1. The zero-order chi connectivity index (χ0) is 15.7. The van der Waals surface area contributed by atoms with Crippen LogP contribution in [-0.2, 0) is 10.0 Å². The zero-order valence-electron chi connectivity index (χ0n) is 12.0. The Hall–Kier alpha value is -0.570. The van der Waals surface area contributed by atoms with Crippen LogP contribution < -0.4 is 4.72 Å². The van der Waals surface area contributed by atoms with E-state index >= 15 is 0 Å². The van der Waals surface area contributed by atoms with Crippen LogP contribution in [0.5, 0.6) is 0 Å². The number of aryl methyl sites for hydroxylation is 1. The molecule has 0 spiro atoms. The highest BCUT2D eigenvalue weighted by molar-refractivity contribution is 8.00. The molecule has 5 nitrogen and oxygen atoms in total. The van der Waals surface area contributed by atoms with Crippen molar-refractivity contribution in [3.05, 3.63) is 16.5 Å². The topological polar surface area (TPSA) is 83.5 Å². The fourth-order valence-corrected chi connectivity index (χ4v) is 6.12. The lowest BCUT2D eigenvalue weighted by Gasteiger charge is -2.26. The van der Waals surface area contributed by atoms with Crippen LogP contribution in [0.4, 0.5) is 0 Å². The lowest BCUT2D eigenvalue weighted by molar-refractivity contribution is 0.0701. The second-order valence-corrected chi connectivity index (χ2v) is 9.62. The Labute approximate surface area is 133 Å². The Kier molecular flexibility index (Phi) is 5.02. The molecule has 2 rings (SSSR count). The standard InChI is InChI=1S/C13H19NO4S3/c1-9-7-10(20-11(9)12(15)16)21(17,18)14-8-13(19-2)5-3-4-6-13/h7,14H,3-6,8H2,1-2H3,(H,15,16). The smallest absolute Gasteiger partial charge is 0.346 e. The first-order chi connectivity index (χ1) is 9.80. The monoisotopic (exact) mass is 349 g/mol. The molecule has 0 atom stereocenters. The summed E-state index contributed by atoms with van der Waals surface area (Å²) >= 11 is 2.52. The summed E-state index contributed by atoms with van der Waals surface area (Å²) in [7, 11) is -3.64. The fraction of sp³-hybridized carbons (Fsp3) is 0.615. The van der Waals surface area contributed by atoms with Gasteiger partial charge < -0.3 is 5.11 Å². The summed E-state index contributed by atoms with van der Waals surface area (Å²) < 4.78 is 27.4. The van der Waals surface area contributed by atoms with Gasteiger partial charge in [-0.1, -0.05) is 12.8 Å². The first-order valence-electron chi connectivity index (χ1n) is 6.68. The van der Waals surface area contributed by atoms with Gasteiger partial charge >= 0.3 is 5.97 Å². The van der Waals surface area contributed by atoms with Crippen molar-refractivity contribution in [2.75, 3.05) is 12.8 Å². The van der Waals surface area contributed by atoms with Crippen molar-refractivity contribution in [3.63, 3.8) is 0 Å². The minimum absolute atomic E-state index is 0.0188. The number of rotatable bonds is 6. The van der Waals surface area contributed by atoms with Gasteiger partial charge in [0, 0.05) is 11.3 Å². The lowest BCUT2D eigenvalue weighted by Crippen LogP contribution is -2.38. The number of carbonyl (C=O) groups is 1. The van der Waals surface area contributed by atoms with Crippen LogP contribution in [0.25, 0.3) is 0 Å². The van der Waals surface area contributed by atoms with Gasteiger partial charge in [-0.15, -0.1) is 11.3 Å². The third-order valence-corrected chi connectivity index (χ3v) is 8.40. The number of thiophene rings is 1. The first kappa shape index (κ1) is 16.8. The maximum Gasteiger partial charge on any atom is 0.346 e. The molecule has 1 fully saturated rings. The van der Waals surface area contributed by atoms with Crippen LogP contribution in [0.2, 0.25) is 0 Å². The molecule has 21 heavy (non-hydrogen) atoms. The van der Waals surface area contributed by atoms with E-state index in [-0.39, 0.29) is 13.8 Å². The molecule has 8 heteroatoms. The highest BCUT2D eigenvalue weighted by atomic mass is 32.2. The summed E-state index contributed by atoms with van der Waals surface area (Å²) in [5.41, 5.74) is 0.480. The van der Waals surface area contributed by atoms with Gasteiger partial charge in [-0.3, -0.25) is 0 Å². The van der Waals surface area contributed by atoms with E-state index in [0.717, 1.165) is 37.0 Å². The van der Waals surface area contributed by atoms with Crippen molar-refractivity contribution in [3.8, 4) is 0 Å². The van der Waals surface area contributed by atoms with Gasteiger partial charge in [-0.25, -0.2) is 17.9 Å². The van der Waals surface area contributed by atoms with Gasteiger partial charge in [0.2, 0.25) is 10.0 Å². The summed E-state index contributed by atoms with van der Waals surface area (Å²) in [5.74, 6) is -1.09. The molecular formula is C13H19NO4S3. The maximum absolute atomic E-state index is 12.3.